The molecule has 5 rings (SSSR count). The standard InChI is InChI=1S/C25H21Br2ClN2O4/c1-12-2-4-13(5-3-12)18(31)11-29(23(32)14-6-8-15(28)9-7-14)30-24(33)19-16-10-17(20(19)25(30)34)22(27)21(16)26/h2-9,16-17,19-22H,10-11H2,1H3/t16-,17-,19-,20+,21-,22+/m1/s1. The predicted molar refractivity (Wildman–Crippen MR) is 134 cm³/mol. The molecular formula is C25H21Br2ClN2O4. The van der Waals surface area contributed by atoms with Gasteiger partial charge in [-0.2, -0.15) is 5.01 Å². The molecule has 1 heterocycles. The molecule has 6 atom stereocenters. The van der Waals surface area contributed by atoms with Crippen LogP contribution in [0.3, 0.4) is 0 Å². The summed E-state index contributed by atoms with van der Waals surface area (Å²) in [7, 11) is 0. The van der Waals surface area contributed by atoms with Crippen LogP contribution < -0.4 is 0 Å². The first kappa shape index (κ1) is 23.7. The molecule has 2 aromatic rings. The predicted octanol–water partition coefficient (Wildman–Crippen LogP) is 4.67. The molecule has 9 heteroatoms. The summed E-state index contributed by atoms with van der Waals surface area (Å²) in [5.41, 5.74) is 1.63. The van der Waals surface area contributed by atoms with Gasteiger partial charge in [-0.1, -0.05) is 73.3 Å². The third-order valence-corrected chi connectivity index (χ3v) is 10.7. The van der Waals surface area contributed by atoms with E-state index in [1.54, 1.807) is 36.4 Å². The van der Waals surface area contributed by atoms with Crippen LogP contribution in [-0.2, 0) is 9.59 Å². The first-order chi connectivity index (χ1) is 16.2. The maximum absolute atomic E-state index is 13.6. The number of carbonyl (C=O) groups excluding carboxylic acids is 4. The van der Waals surface area contributed by atoms with Gasteiger partial charge >= 0.3 is 0 Å². The van der Waals surface area contributed by atoms with Crippen LogP contribution in [0.2, 0.25) is 5.02 Å². The topological polar surface area (TPSA) is 74.8 Å². The van der Waals surface area contributed by atoms with Crippen LogP contribution >= 0.6 is 43.5 Å². The van der Waals surface area contributed by atoms with E-state index in [1.807, 2.05) is 6.92 Å². The van der Waals surface area contributed by atoms with Crippen LogP contribution in [0.4, 0.5) is 0 Å². The first-order valence-corrected chi connectivity index (χ1v) is 13.2. The Morgan fingerprint density at radius 2 is 1.41 bits per heavy atom. The SMILES string of the molecule is Cc1ccc(C(=O)CN(C(=O)c2ccc(Cl)cc2)N2C(=O)[C@@H]3[C@H]4C[C@@H]([C@H](Br)[C@@H]4Br)[C@@H]3C2=O)cc1. The van der Waals surface area contributed by atoms with Crippen LogP contribution in [-0.4, -0.2) is 49.7 Å². The van der Waals surface area contributed by atoms with Crippen molar-refractivity contribution in [2.24, 2.45) is 23.7 Å². The van der Waals surface area contributed by atoms with Gasteiger partial charge in [0.25, 0.3) is 17.7 Å². The molecule has 0 unspecified atom stereocenters. The highest BCUT2D eigenvalue weighted by Gasteiger charge is 2.67. The van der Waals surface area contributed by atoms with E-state index in [1.165, 1.54) is 12.1 Å². The zero-order chi connectivity index (χ0) is 24.3. The van der Waals surface area contributed by atoms with E-state index in [-0.39, 0.29) is 32.8 Å². The lowest BCUT2D eigenvalue weighted by atomic mass is 9.81. The van der Waals surface area contributed by atoms with E-state index in [9.17, 15) is 19.2 Å². The normalized spacial score (nSPS) is 29.5. The fourth-order valence-electron chi connectivity index (χ4n) is 5.51. The number of hydrogen-bond donors (Lipinski definition) is 0. The van der Waals surface area contributed by atoms with Gasteiger partial charge in [0.05, 0.1) is 11.8 Å². The molecular weight excluding hydrogens is 588 g/mol. The van der Waals surface area contributed by atoms with Crippen molar-refractivity contribution >= 4 is 67.0 Å². The van der Waals surface area contributed by atoms with Gasteiger partial charge in [-0.25, -0.2) is 5.01 Å². The van der Waals surface area contributed by atoms with Crippen molar-refractivity contribution in [3.8, 4) is 0 Å². The van der Waals surface area contributed by atoms with Crippen LogP contribution in [0, 0.1) is 30.6 Å². The monoisotopic (exact) mass is 606 g/mol. The highest BCUT2D eigenvalue weighted by Crippen LogP contribution is 2.60. The van der Waals surface area contributed by atoms with Gasteiger partial charge in [0.2, 0.25) is 0 Å². The van der Waals surface area contributed by atoms with E-state index >= 15 is 0 Å². The van der Waals surface area contributed by atoms with Crippen molar-refractivity contribution in [1.82, 2.24) is 10.0 Å². The molecule has 176 valence electrons. The molecule has 0 radical (unpaired) electrons. The Bertz CT molecular complexity index is 1150. The third-order valence-electron chi connectivity index (χ3n) is 7.20. The van der Waals surface area contributed by atoms with E-state index in [2.05, 4.69) is 31.9 Å². The quantitative estimate of drug-likeness (QED) is 0.281. The molecule has 6 nitrogen and oxygen atoms in total. The summed E-state index contributed by atoms with van der Waals surface area (Å²) in [5.74, 6) is -2.77. The minimum absolute atomic E-state index is 0.00103. The van der Waals surface area contributed by atoms with E-state index < -0.39 is 36.1 Å². The molecule has 34 heavy (non-hydrogen) atoms. The molecule has 0 spiro atoms. The van der Waals surface area contributed by atoms with Crippen LogP contribution in [0.15, 0.2) is 48.5 Å². The summed E-state index contributed by atoms with van der Waals surface area (Å²) in [6.45, 7) is 1.49. The van der Waals surface area contributed by atoms with Crippen molar-refractivity contribution in [2.75, 3.05) is 6.54 Å². The Balaban J connectivity index is 1.50. The number of nitrogens with zero attached hydrogens (tertiary/aromatic N) is 2. The number of Topliss-reactive ketones (excluding diaryl/α,β-unsaturated/α-hetero) is 1. The van der Waals surface area contributed by atoms with Crippen molar-refractivity contribution < 1.29 is 19.2 Å². The Morgan fingerprint density at radius 3 is 1.94 bits per heavy atom. The Labute approximate surface area is 218 Å². The number of hydrogen-bond acceptors (Lipinski definition) is 4. The van der Waals surface area contributed by atoms with Crippen LogP contribution in [0.1, 0.15) is 32.7 Å². The van der Waals surface area contributed by atoms with Gasteiger partial charge in [0, 0.05) is 25.8 Å². The fourth-order valence-corrected chi connectivity index (χ4v) is 7.51. The molecule has 2 aliphatic carbocycles. The number of aryl methyl sites for hydroxylation is 1. The molecule has 3 aliphatic rings. The highest BCUT2D eigenvalue weighted by molar-refractivity contribution is 9.12. The van der Waals surface area contributed by atoms with Gasteiger partial charge in [0.15, 0.2) is 5.78 Å². The van der Waals surface area contributed by atoms with Crippen molar-refractivity contribution in [1.29, 1.82) is 0 Å². The summed E-state index contributed by atoms with van der Waals surface area (Å²) in [5, 5.41) is 2.40. The number of hydrazine groups is 1. The number of amides is 3. The van der Waals surface area contributed by atoms with Crippen molar-refractivity contribution in [3.05, 3.63) is 70.2 Å². The number of halogens is 3. The molecule has 3 amide bonds. The molecule has 2 bridgehead atoms. The smallest absolute Gasteiger partial charge is 0.273 e. The molecule has 0 N–H and O–H groups in total. The van der Waals surface area contributed by atoms with Gasteiger partial charge < -0.3 is 0 Å². The lowest BCUT2D eigenvalue weighted by molar-refractivity contribution is -0.154. The fraction of sp³-hybridized carbons (Fsp3) is 0.360. The largest absolute Gasteiger partial charge is 0.292 e. The molecule has 2 saturated carbocycles. The van der Waals surface area contributed by atoms with Crippen LogP contribution in [0.5, 0.6) is 0 Å². The zero-order valence-corrected chi connectivity index (χ0v) is 22.1. The Kier molecular flexibility index (Phi) is 6.19. The van der Waals surface area contributed by atoms with Gasteiger partial charge in [-0.15, -0.1) is 0 Å². The second kappa shape index (κ2) is 8.88. The number of imide groups is 1. The maximum Gasteiger partial charge on any atom is 0.273 e. The number of carbonyl (C=O) groups is 4. The zero-order valence-electron chi connectivity index (χ0n) is 18.2. The summed E-state index contributed by atoms with van der Waals surface area (Å²) in [6, 6.07) is 13.1. The Hall–Kier alpha value is -2.03. The summed E-state index contributed by atoms with van der Waals surface area (Å²) >= 11 is 13.3. The molecule has 2 aromatic carbocycles. The van der Waals surface area contributed by atoms with Crippen molar-refractivity contribution in [3.63, 3.8) is 0 Å². The second-order valence-electron chi connectivity index (χ2n) is 9.15. The highest BCUT2D eigenvalue weighted by atomic mass is 79.9. The lowest BCUT2D eigenvalue weighted by Crippen LogP contribution is -2.52. The number of alkyl halides is 2. The number of ketones is 1. The van der Waals surface area contributed by atoms with Gasteiger partial charge in [-0.05, 0) is 49.4 Å². The molecule has 1 saturated heterocycles. The summed E-state index contributed by atoms with van der Waals surface area (Å²) in [4.78, 5) is 54.0. The molecule has 1 aliphatic heterocycles. The van der Waals surface area contributed by atoms with Gasteiger partial charge in [0.1, 0.15) is 6.54 Å². The maximum atomic E-state index is 13.6. The molecule has 0 aromatic heterocycles. The van der Waals surface area contributed by atoms with E-state index in [0.29, 0.717) is 10.6 Å². The number of rotatable bonds is 5. The molecule has 3 fully saturated rings. The van der Waals surface area contributed by atoms with Crippen LogP contribution in [0.25, 0.3) is 0 Å². The minimum Gasteiger partial charge on any atom is -0.292 e. The lowest BCUT2D eigenvalue weighted by Gasteiger charge is -2.31. The second-order valence-corrected chi connectivity index (χ2v) is 11.7. The minimum atomic E-state index is -0.600. The Morgan fingerprint density at radius 1 is 0.912 bits per heavy atom. The van der Waals surface area contributed by atoms with Crippen molar-refractivity contribution in [2.45, 2.75) is 23.0 Å². The van der Waals surface area contributed by atoms with E-state index in [4.69, 9.17) is 11.6 Å². The number of benzene rings is 2. The first-order valence-electron chi connectivity index (χ1n) is 11.0. The van der Waals surface area contributed by atoms with Gasteiger partial charge in [-0.3, -0.25) is 19.2 Å². The average Bonchev–Trinajstić information content (AvgIpc) is 3.43. The van der Waals surface area contributed by atoms with E-state index in [0.717, 1.165) is 22.0 Å². The summed E-state index contributed by atoms with van der Waals surface area (Å²) in [6.07, 6.45) is 0.778. The third kappa shape index (κ3) is 3.74. The number of fused-ring (bicyclic) bond motifs is 5. The average molecular weight is 609 g/mol. The summed E-state index contributed by atoms with van der Waals surface area (Å²) < 4.78 is 0.